The van der Waals surface area contributed by atoms with Crippen molar-refractivity contribution < 1.29 is 18.7 Å². The fourth-order valence-corrected chi connectivity index (χ4v) is 5.05. The number of hydrogen-bond acceptors (Lipinski definition) is 4. The molecule has 2 bridgehead atoms. The summed E-state index contributed by atoms with van der Waals surface area (Å²) < 4.78 is 28.2. The van der Waals surface area contributed by atoms with Gasteiger partial charge in [0.15, 0.2) is 11.6 Å². The van der Waals surface area contributed by atoms with E-state index in [9.17, 15) is 18.7 Å². The minimum absolute atomic E-state index is 0.0324. The lowest BCUT2D eigenvalue weighted by atomic mass is 9.61. The summed E-state index contributed by atoms with van der Waals surface area (Å²) in [6.07, 6.45) is 6.48. The summed E-state index contributed by atoms with van der Waals surface area (Å²) in [7, 11) is 0. The van der Waals surface area contributed by atoms with Crippen LogP contribution in [0.25, 0.3) is 22.3 Å². The normalized spacial score (nSPS) is 26.0. The molecule has 3 saturated carbocycles. The molecule has 3 aromatic rings. The van der Waals surface area contributed by atoms with Gasteiger partial charge in [0.2, 0.25) is 0 Å². The molecule has 3 heterocycles. The Morgan fingerprint density at radius 2 is 1.93 bits per heavy atom. The minimum Gasteiger partial charge on any atom is -0.481 e. The number of pyridine rings is 2. The highest BCUT2D eigenvalue weighted by molar-refractivity contribution is 5.92. The second kappa shape index (κ2) is 6.79. The SMILES string of the molecule is O=C(O)[C@H]1C2CCC(CC2)[C@H]1Nc1nc(-c2c[nH]c3ncc(F)cc23)ccc1F. The summed E-state index contributed by atoms with van der Waals surface area (Å²) in [5.74, 6) is -2.05. The van der Waals surface area contributed by atoms with Gasteiger partial charge in [-0.15, -0.1) is 0 Å². The molecule has 0 aromatic carbocycles. The first kappa shape index (κ1) is 18.0. The highest BCUT2D eigenvalue weighted by Gasteiger charge is 2.47. The number of anilines is 1. The number of hydrogen-bond donors (Lipinski definition) is 3. The molecule has 0 spiro atoms. The van der Waals surface area contributed by atoms with E-state index in [-0.39, 0.29) is 23.7 Å². The van der Waals surface area contributed by atoms with Gasteiger partial charge < -0.3 is 15.4 Å². The molecule has 8 heteroatoms. The van der Waals surface area contributed by atoms with Crippen LogP contribution in [-0.4, -0.2) is 32.1 Å². The molecule has 29 heavy (non-hydrogen) atoms. The molecule has 0 unspecified atom stereocenters. The van der Waals surface area contributed by atoms with Crippen LogP contribution in [0.4, 0.5) is 14.6 Å². The predicted molar refractivity (Wildman–Crippen MR) is 103 cm³/mol. The quantitative estimate of drug-likeness (QED) is 0.613. The number of carboxylic acids is 1. The highest BCUT2D eigenvalue weighted by atomic mass is 19.1. The minimum atomic E-state index is -0.841. The molecule has 2 atom stereocenters. The molecule has 0 radical (unpaired) electrons. The Bertz CT molecular complexity index is 1090. The van der Waals surface area contributed by atoms with Crippen molar-refractivity contribution in [2.75, 3.05) is 5.32 Å². The third kappa shape index (κ3) is 3.03. The number of halogens is 2. The number of aliphatic carboxylic acids is 1. The van der Waals surface area contributed by atoms with Gasteiger partial charge in [-0.25, -0.2) is 18.7 Å². The number of carboxylic acid groups (broad SMARTS) is 1. The van der Waals surface area contributed by atoms with Gasteiger partial charge in [0.05, 0.1) is 17.8 Å². The van der Waals surface area contributed by atoms with Crippen molar-refractivity contribution in [2.45, 2.75) is 31.7 Å². The predicted octanol–water partition coefficient (Wildman–Crippen LogP) is 4.20. The smallest absolute Gasteiger partial charge is 0.308 e. The van der Waals surface area contributed by atoms with Gasteiger partial charge in [0, 0.05) is 23.2 Å². The van der Waals surface area contributed by atoms with Gasteiger partial charge in [0.1, 0.15) is 11.5 Å². The van der Waals surface area contributed by atoms with E-state index < -0.39 is 23.5 Å². The van der Waals surface area contributed by atoms with Gasteiger partial charge in [-0.05, 0) is 55.7 Å². The highest BCUT2D eigenvalue weighted by Crippen LogP contribution is 2.46. The van der Waals surface area contributed by atoms with Crippen LogP contribution in [0, 0.1) is 29.4 Å². The molecule has 150 valence electrons. The van der Waals surface area contributed by atoms with Crippen LogP contribution in [0.5, 0.6) is 0 Å². The van der Waals surface area contributed by atoms with Crippen molar-refractivity contribution >= 4 is 22.8 Å². The molecular weight excluding hydrogens is 378 g/mol. The van der Waals surface area contributed by atoms with Crippen molar-refractivity contribution in [1.29, 1.82) is 0 Å². The van der Waals surface area contributed by atoms with Gasteiger partial charge in [0.25, 0.3) is 0 Å². The van der Waals surface area contributed by atoms with Gasteiger partial charge in [-0.1, -0.05) is 0 Å². The molecule has 0 amide bonds. The van der Waals surface area contributed by atoms with Crippen LogP contribution in [-0.2, 0) is 4.79 Å². The maximum Gasteiger partial charge on any atom is 0.308 e. The molecular formula is C21H20F2N4O2. The third-order valence-corrected chi connectivity index (χ3v) is 6.43. The topological polar surface area (TPSA) is 90.9 Å². The number of carbonyl (C=O) groups is 1. The Hall–Kier alpha value is -3.03. The zero-order chi connectivity index (χ0) is 20.1. The molecule has 3 fully saturated rings. The van der Waals surface area contributed by atoms with E-state index in [1.807, 2.05) is 0 Å². The number of rotatable bonds is 4. The maximum atomic E-state index is 14.6. The number of fused-ring (bicyclic) bond motifs is 4. The summed E-state index contributed by atoms with van der Waals surface area (Å²) in [5, 5.41) is 13.4. The summed E-state index contributed by atoms with van der Waals surface area (Å²) in [4.78, 5) is 23.2. The van der Waals surface area contributed by atoms with Crippen LogP contribution >= 0.6 is 0 Å². The first-order valence-corrected chi connectivity index (χ1v) is 9.80. The first-order valence-electron chi connectivity index (χ1n) is 9.80. The summed E-state index contributed by atoms with van der Waals surface area (Å²) in [6, 6.07) is 3.83. The second-order valence-corrected chi connectivity index (χ2v) is 7.99. The van der Waals surface area contributed by atoms with Crippen LogP contribution in [0.1, 0.15) is 25.7 Å². The molecule has 0 saturated heterocycles. The molecule has 3 aromatic heterocycles. The summed E-state index contributed by atoms with van der Waals surface area (Å²) >= 11 is 0. The number of H-pyrrole nitrogens is 1. The van der Waals surface area contributed by atoms with Crippen LogP contribution in [0.15, 0.2) is 30.6 Å². The van der Waals surface area contributed by atoms with Gasteiger partial charge in [-0.3, -0.25) is 4.79 Å². The zero-order valence-corrected chi connectivity index (χ0v) is 15.5. The average Bonchev–Trinajstić information content (AvgIpc) is 3.13. The average molecular weight is 398 g/mol. The van der Waals surface area contributed by atoms with Crippen LogP contribution < -0.4 is 5.32 Å². The van der Waals surface area contributed by atoms with E-state index in [1.54, 1.807) is 6.20 Å². The molecule has 3 N–H and O–H groups in total. The monoisotopic (exact) mass is 398 g/mol. The lowest BCUT2D eigenvalue weighted by Crippen LogP contribution is -2.51. The molecule has 3 aliphatic carbocycles. The maximum absolute atomic E-state index is 14.6. The molecule has 6 rings (SSSR count). The third-order valence-electron chi connectivity index (χ3n) is 6.43. The Morgan fingerprint density at radius 1 is 1.17 bits per heavy atom. The van der Waals surface area contributed by atoms with E-state index in [0.717, 1.165) is 31.9 Å². The number of aromatic nitrogens is 3. The van der Waals surface area contributed by atoms with Crippen molar-refractivity contribution in [3.8, 4) is 11.3 Å². The van der Waals surface area contributed by atoms with Crippen LogP contribution in [0.3, 0.4) is 0 Å². The van der Waals surface area contributed by atoms with E-state index >= 15 is 0 Å². The largest absolute Gasteiger partial charge is 0.481 e. The Kier molecular flexibility index (Phi) is 4.22. The molecule has 3 aliphatic rings. The lowest BCUT2D eigenvalue weighted by molar-refractivity contribution is -0.148. The number of nitrogens with zero attached hydrogens (tertiary/aromatic N) is 2. The van der Waals surface area contributed by atoms with Crippen molar-refractivity contribution in [1.82, 2.24) is 15.0 Å². The fraction of sp³-hybridized carbons (Fsp3) is 0.381. The lowest BCUT2D eigenvalue weighted by Gasteiger charge is -2.47. The first-order chi connectivity index (χ1) is 14.0. The Labute approximate surface area is 165 Å². The van der Waals surface area contributed by atoms with Gasteiger partial charge in [-0.2, -0.15) is 0 Å². The van der Waals surface area contributed by atoms with E-state index in [2.05, 4.69) is 20.3 Å². The van der Waals surface area contributed by atoms with E-state index in [1.165, 1.54) is 18.2 Å². The number of nitrogens with one attached hydrogen (secondary N) is 2. The van der Waals surface area contributed by atoms with E-state index in [0.29, 0.717) is 22.3 Å². The Balaban J connectivity index is 1.51. The standard InChI is InChI=1S/C21H20F2N4O2/c22-12-7-13-14(9-25-19(13)24-8-12)16-6-5-15(23)20(26-16)27-18-11-3-1-10(2-4-11)17(18)21(28)29/h5-11,17-18H,1-4H2,(H,24,25)(H,26,27)(H,28,29)/t10?,11?,17-,18+/m0/s1. The van der Waals surface area contributed by atoms with E-state index in [4.69, 9.17) is 0 Å². The molecule has 6 nitrogen and oxygen atoms in total. The summed E-state index contributed by atoms with van der Waals surface area (Å²) in [6.45, 7) is 0. The van der Waals surface area contributed by atoms with Crippen LogP contribution in [0.2, 0.25) is 0 Å². The molecule has 0 aliphatic heterocycles. The van der Waals surface area contributed by atoms with Crippen molar-refractivity contribution in [2.24, 2.45) is 17.8 Å². The van der Waals surface area contributed by atoms with Crippen molar-refractivity contribution in [3.63, 3.8) is 0 Å². The zero-order valence-electron chi connectivity index (χ0n) is 15.5. The van der Waals surface area contributed by atoms with Crippen molar-refractivity contribution in [3.05, 3.63) is 42.2 Å². The fourth-order valence-electron chi connectivity index (χ4n) is 5.05. The Morgan fingerprint density at radius 3 is 2.69 bits per heavy atom. The van der Waals surface area contributed by atoms with Gasteiger partial charge >= 0.3 is 5.97 Å². The second-order valence-electron chi connectivity index (χ2n) is 7.99. The summed E-state index contributed by atoms with van der Waals surface area (Å²) in [5.41, 5.74) is 1.58. The number of aromatic amines is 1.